The van der Waals surface area contributed by atoms with Crippen molar-refractivity contribution in [2.45, 2.75) is 18.6 Å². The first kappa shape index (κ1) is 12.6. The van der Waals surface area contributed by atoms with Crippen LogP contribution in [0.15, 0.2) is 6.33 Å². The van der Waals surface area contributed by atoms with E-state index in [9.17, 15) is 20.3 Å². The van der Waals surface area contributed by atoms with Crippen molar-refractivity contribution < 1.29 is 15.1 Å². The zero-order valence-corrected chi connectivity index (χ0v) is 8.75. The first-order chi connectivity index (χ1) is 7.57. The number of rotatable bonds is 6. The van der Waals surface area contributed by atoms with Crippen LogP contribution in [0.1, 0.15) is 18.2 Å². The number of hydrogen-bond donors (Lipinski definition) is 4. The highest BCUT2D eigenvalue weighted by Crippen LogP contribution is 2.24. The minimum atomic E-state index is -1.36. The van der Waals surface area contributed by atoms with E-state index in [0.29, 0.717) is 6.54 Å². The molecule has 1 aromatic heterocycles. The Hall–Kier alpha value is -1.51. The first-order valence-corrected chi connectivity index (χ1v) is 4.76. The normalized spacial score (nSPS) is 14.7. The van der Waals surface area contributed by atoms with Gasteiger partial charge in [0.2, 0.25) is 0 Å². The fourth-order valence-electron chi connectivity index (χ4n) is 1.29. The van der Waals surface area contributed by atoms with E-state index in [0.717, 1.165) is 6.33 Å². The number of H-pyrrole nitrogens is 1. The van der Waals surface area contributed by atoms with Crippen molar-refractivity contribution in [2.24, 2.45) is 0 Å². The van der Waals surface area contributed by atoms with Gasteiger partial charge in [-0.2, -0.15) is 0 Å². The molecular formula is C8H14N4O4. The molecule has 8 nitrogen and oxygen atoms in total. The summed E-state index contributed by atoms with van der Waals surface area (Å²) in [5.74, 6) is -0.393. The lowest BCUT2D eigenvalue weighted by Gasteiger charge is -2.15. The van der Waals surface area contributed by atoms with Crippen LogP contribution in [-0.4, -0.2) is 44.8 Å². The Morgan fingerprint density at radius 3 is 2.94 bits per heavy atom. The summed E-state index contributed by atoms with van der Waals surface area (Å²) < 4.78 is 0. The largest absolute Gasteiger partial charge is 0.390 e. The van der Waals surface area contributed by atoms with Crippen LogP contribution in [0.3, 0.4) is 0 Å². The Morgan fingerprint density at radius 2 is 2.38 bits per heavy atom. The smallest absolute Gasteiger partial charge is 0.346 e. The molecule has 16 heavy (non-hydrogen) atoms. The van der Waals surface area contributed by atoms with E-state index < -0.39 is 22.9 Å². The number of nitro groups is 1. The third kappa shape index (κ3) is 2.75. The second kappa shape index (κ2) is 5.54. The van der Waals surface area contributed by atoms with Gasteiger partial charge in [-0.15, -0.1) is 0 Å². The Bertz CT molecular complexity index is 354. The van der Waals surface area contributed by atoms with E-state index in [1.807, 2.05) is 0 Å². The molecule has 0 aliphatic rings. The predicted octanol–water partition coefficient (Wildman–Crippen LogP) is -0.678. The fourth-order valence-corrected chi connectivity index (χ4v) is 1.29. The summed E-state index contributed by atoms with van der Waals surface area (Å²) in [7, 11) is 1.70. The van der Waals surface area contributed by atoms with Gasteiger partial charge in [0.25, 0.3) is 0 Å². The van der Waals surface area contributed by atoms with Crippen LogP contribution >= 0.6 is 0 Å². The van der Waals surface area contributed by atoms with Gasteiger partial charge in [0, 0.05) is 0 Å². The molecule has 2 atom stereocenters. The summed E-state index contributed by atoms with van der Waals surface area (Å²) in [6.07, 6.45) is -1.06. The topological polar surface area (TPSA) is 124 Å². The van der Waals surface area contributed by atoms with Crippen LogP contribution in [0, 0.1) is 10.1 Å². The van der Waals surface area contributed by atoms with Gasteiger partial charge in [0.05, 0.1) is 6.10 Å². The third-order valence-electron chi connectivity index (χ3n) is 2.16. The average molecular weight is 230 g/mol. The van der Waals surface area contributed by atoms with Gasteiger partial charge in [-0.3, -0.25) is 0 Å². The quantitative estimate of drug-likeness (QED) is 0.379. The zero-order valence-electron chi connectivity index (χ0n) is 8.75. The summed E-state index contributed by atoms with van der Waals surface area (Å²) in [6.45, 7) is 0.496. The summed E-state index contributed by atoms with van der Waals surface area (Å²) in [6, 6.07) is 0. The van der Waals surface area contributed by atoms with Crippen molar-refractivity contribution in [3.8, 4) is 0 Å². The number of nitrogens with zero attached hydrogens (tertiary/aromatic N) is 2. The van der Waals surface area contributed by atoms with E-state index in [1.54, 1.807) is 7.05 Å². The van der Waals surface area contributed by atoms with Gasteiger partial charge in [0.1, 0.15) is 6.10 Å². The van der Waals surface area contributed by atoms with Crippen LogP contribution in [0.5, 0.6) is 0 Å². The molecule has 0 radical (unpaired) electrons. The Morgan fingerprint density at radius 1 is 1.69 bits per heavy atom. The molecule has 4 N–H and O–H groups in total. The molecule has 0 bridgehead atoms. The predicted molar refractivity (Wildman–Crippen MR) is 54.8 cm³/mol. The molecule has 1 aromatic rings. The van der Waals surface area contributed by atoms with E-state index in [-0.39, 0.29) is 12.1 Å². The molecule has 0 aromatic carbocycles. The number of aromatic amines is 1. The van der Waals surface area contributed by atoms with Crippen LogP contribution < -0.4 is 5.32 Å². The molecule has 0 aliphatic heterocycles. The van der Waals surface area contributed by atoms with Crippen LogP contribution in [0.25, 0.3) is 0 Å². The van der Waals surface area contributed by atoms with Gasteiger partial charge in [-0.05, 0) is 24.9 Å². The summed E-state index contributed by atoms with van der Waals surface area (Å²) in [5.41, 5.74) is -0.145. The summed E-state index contributed by atoms with van der Waals surface area (Å²) in [4.78, 5) is 15.8. The van der Waals surface area contributed by atoms with E-state index >= 15 is 0 Å². The molecule has 0 saturated heterocycles. The highest BCUT2D eigenvalue weighted by atomic mass is 16.6. The van der Waals surface area contributed by atoms with Crippen molar-refractivity contribution in [3.05, 3.63) is 22.1 Å². The van der Waals surface area contributed by atoms with Crippen LogP contribution in [0.2, 0.25) is 0 Å². The summed E-state index contributed by atoms with van der Waals surface area (Å²) >= 11 is 0. The number of aromatic nitrogens is 2. The molecule has 8 heteroatoms. The summed E-state index contributed by atoms with van der Waals surface area (Å²) in [5, 5.41) is 32.6. The molecule has 0 saturated carbocycles. The highest BCUT2D eigenvalue weighted by Gasteiger charge is 2.28. The maximum Gasteiger partial charge on any atom is 0.346 e. The number of hydrogen-bond acceptors (Lipinski definition) is 6. The first-order valence-electron chi connectivity index (χ1n) is 4.76. The lowest BCUT2D eigenvalue weighted by atomic mass is 10.1. The molecular weight excluding hydrogens is 216 g/mol. The maximum atomic E-state index is 10.6. The third-order valence-corrected chi connectivity index (χ3v) is 2.16. The Labute approximate surface area is 91.5 Å². The van der Waals surface area contributed by atoms with Crippen molar-refractivity contribution in [1.29, 1.82) is 0 Å². The standard InChI is InChI=1S/C8H14N4O4/c1-9-3-2-5(13)7(14)6-8(12(15)16)11-4-10-6/h4-5,7,9,13-14H,2-3H2,1H3,(H,10,11). The van der Waals surface area contributed by atoms with Crippen LogP contribution in [-0.2, 0) is 0 Å². The molecule has 0 aliphatic carbocycles. The molecule has 1 rings (SSSR count). The van der Waals surface area contributed by atoms with Crippen molar-refractivity contribution in [1.82, 2.24) is 15.3 Å². The van der Waals surface area contributed by atoms with Gasteiger partial charge in [0.15, 0.2) is 12.0 Å². The number of nitrogens with one attached hydrogen (secondary N) is 2. The molecule has 0 amide bonds. The minimum Gasteiger partial charge on any atom is -0.390 e. The lowest BCUT2D eigenvalue weighted by Crippen LogP contribution is -2.24. The van der Waals surface area contributed by atoms with Crippen molar-refractivity contribution in [2.75, 3.05) is 13.6 Å². The van der Waals surface area contributed by atoms with E-state index in [2.05, 4.69) is 15.3 Å². The monoisotopic (exact) mass is 230 g/mol. The second-order valence-corrected chi connectivity index (χ2v) is 3.30. The van der Waals surface area contributed by atoms with E-state index in [4.69, 9.17) is 0 Å². The maximum absolute atomic E-state index is 10.6. The van der Waals surface area contributed by atoms with Crippen LogP contribution in [0.4, 0.5) is 5.82 Å². The average Bonchev–Trinajstić information content (AvgIpc) is 2.73. The molecule has 90 valence electrons. The molecule has 1 heterocycles. The molecule has 0 fully saturated rings. The van der Waals surface area contributed by atoms with Gasteiger partial charge in [-0.1, -0.05) is 0 Å². The fraction of sp³-hybridized carbons (Fsp3) is 0.625. The lowest BCUT2D eigenvalue weighted by molar-refractivity contribution is -0.390. The van der Waals surface area contributed by atoms with E-state index in [1.165, 1.54) is 0 Å². The number of imidazole rings is 1. The van der Waals surface area contributed by atoms with Gasteiger partial charge < -0.3 is 25.6 Å². The highest BCUT2D eigenvalue weighted by molar-refractivity contribution is 5.28. The molecule has 2 unspecified atom stereocenters. The van der Waals surface area contributed by atoms with Gasteiger partial charge in [-0.25, -0.2) is 9.97 Å². The minimum absolute atomic E-state index is 0.145. The molecule has 0 spiro atoms. The van der Waals surface area contributed by atoms with Crippen molar-refractivity contribution >= 4 is 5.82 Å². The Balaban J connectivity index is 2.75. The second-order valence-electron chi connectivity index (χ2n) is 3.30. The Kier molecular flexibility index (Phi) is 4.35. The number of aliphatic hydroxyl groups is 2. The SMILES string of the molecule is CNCCC(O)C(O)c1nc[nH]c1[N+](=O)[O-]. The van der Waals surface area contributed by atoms with Gasteiger partial charge >= 0.3 is 5.82 Å². The zero-order chi connectivity index (χ0) is 12.1. The van der Waals surface area contributed by atoms with Crippen molar-refractivity contribution in [3.63, 3.8) is 0 Å². The number of aliphatic hydroxyl groups excluding tert-OH is 2.